The lowest BCUT2D eigenvalue weighted by Gasteiger charge is -2.42. The zero-order valence-electron chi connectivity index (χ0n) is 12.0. The average molecular weight is 224 g/mol. The highest BCUT2D eigenvalue weighted by Gasteiger charge is 2.34. The smallest absolute Gasteiger partial charge is 0.0381 e. The Morgan fingerprint density at radius 3 is 2.25 bits per heavy atom. The maximum absolute atomic E-state index is 2.52. The molecule has 0 aliphatic heterocycles. The molecule has 0 saturated heterocycles. The first kappa shape index (κ1) is 14.1. The molecule has 96 valence electrons. The molecule has 1 aliphatic rings. The van der Waals surface area contributed by atoms with E-state index >= 15 is 0 Å². The minimum atomic E-state index is 0.989. The van der Waals surface area contributed by atoms with Gasteiger partial charge in [0.1, 0.15) is 0 Å². The highest BCUT2D eigenvalue weighted by atomic mass is 14.4. The van der Waals surface area contributed by atoms with E-state index in [1.165, 1.54) is 38.5 Å². The molecule has 0 heterocycles. The van der Waals surface area contributed by atoms with Gasteiger partial charge in [-0.05, 0) is 36.5 Å². The van der Waals surface area contributed by atoms with E-state index in [4.69, 9.17) is 0 Å². The molecule has 0 radical (unpaired) electrons. The molecule has 2 atom stereocenters. The Kier molecular flexibility index (Phi) is 6.46. The van der Waals surface area contributed by atoms with Crippen LogP contribution in [0.3, 0.4) is 0 Å². The van der Waals surface area contributed by atoms with Crippen LogP contribution >= 0.6 is 0 Å². The van der Waals surface area contributed by atoms with Crippen molar-refractivity contribution in [3.8, 4) is 0 Å². The summed E-state index contributed by atoms with van der Waals surface area (Å²) in [7, 11) is 0. The van der Waals surface area contributed by atoms with Crippen LogP contribution in [0.5, 0.6) is 0 Å². The number of hydrogen-bond donors (Lipinski definition) is 0. The number of hydrogen-bond acceptors (Lipinski definition) is 0. The average Bonchev–Trinajstić information content (AvgIpc) is 2.23. The zero-order chi connectivity index (χ0) is 12.0. The molecule has 0 bridgehead atoms. The number of rotatable bonds is 8. The lowest BCUT2D eigenvalue weighted by Crippen LogP contribution is -2.32. The highest BCUT2D eigenvalue weighted by Crippen LogP contribution is 2.45. The summed E-state index contributed by atoms with van der Waals surface area (Å²) in [6, 6.07) is 0. The molecular weight excluding hydrogens is 192 g/mol. The fraction of sp³-hybridized carbons (Fsp3) is 1.00. The predicted octanol–water partition coefficient (Wildman–Crippen LogP) is 5.67. The first-order valence-corrected chi connectivity index (χ1v) is 7.72. The molecule has 0 aromatic rings. The van der Waals surface area contributed by atoms with Crippen LogP contribution in [0.25, 0.3) is 0 Å². The summed E-state index contributed by atoms with van der Waals surface area (Å²) in [5.41, 5.74) is 0. The normalized spacial score (nSPS) is 28.5. The van der Waals surface area contributed by atoms with Crippen LogP contribution in [0.15, 0.2) is 0 Å². The van der Waals surface area contributed by atoms with Crippen molar-refractivity contribution in [2.45, 2.75) is 79.1 Å². The van der Waals surface area contributed by atoms with E-state index in [1.54, 1.807) is 12.8 Å². The van der Waals surface area contributed by atoms with Gasteiger partial charge >= 0.3 is 0 Å². The Morgan fingerprint density at radius 1 is 1.06 bits per heavy atom. The quantitative estimate of drug-likeness (QED) is 0.498. The van der Waals surface area contributed by atoms with Crippen LogP contribution in [0, 0.1) is 23.7 Å². The molecule has 1 saturated carbocycles. The van der Waals surface area contributed by atoms with Gasteiger partial charge in [-0.25, -0.2) is 0 Å². The van der Waals surface area contributed by atoms with Crippen molar-refractivity contribution in [2.75, 3.05) is 0 Å². The Morgan fingerprint density at radius 2 is 1.75 bits per heavy atom. The van der Waals surface area contributed by atoms with Crippen molar-refractivity contribution < 1.29 is 0 Å². The van der Waals surface area contributed by atoms with Gasteiger partial charge in [-0.15, -0.1) is 0 Å². The fourth-order valence-corrected chi connectivity index (χ4v) is 3.54. The van der Waals surface area contributed by atoms with Crippen LogP contribution < -0.4 is 0 Å². The third-order valence-electron chi connectivity index (χ3n) is 4.91. The van der Waals surface area contributed by atoms with E-state index in [1.807, 2.05) is 0 Å². The van der Waals surface area contributed by atoms with Crippen LogP contribution in [-0.4, -0.2) is 0 Å². The van der Waals surface area contributed by atoms with Crippen LogP contribution in [0.4, 0.5) is 0 Å². The van der Waals surface area contributed by atoms with Gasteiger partial charge in [0.05, 0.1) is 0 Å². The van der Waals surface area contributed by atoms with Crippen LogP contribution in [-0.2, 0) is 0 Å². The maximum atomic E-state index is 2.52. The second kappa shape index (κ2) is 7.35. The second-order valence-electron chi connectivity index (χ2n) is 6.06. The summed E-state index contributed by atoms with van der Waals surface area (Å²) < 4.78 is 0. The summed E-state index contributed by atoms with van der Waals surface area (Å²) in [5.74, 6) is 4.15. The minimum Gasteiger partial charge on any atom is -0.0654 e. The van der Waals surface area contributed by atoms with E-state index in [0.29, 0.717) is 0 Å². The van der Waals surface area contributed by atoms with Gasteiger partial charge in [-0.2, -0.15) is 0 Å². The molecule has 16 heavy (non-hydrogen) atoms. The van der Waals surface area contributed by atoms with Gasteiger partial charge in [0.25, 0.3) is 0 Å². The first-order valence-electron chi connectivity index (χ1n) is 7.72. The fourth-order valence-electron chi connectivity index (χ4n) is 3.54. The third kappa shape index (κ3) is 3.79. The Balaban J connectivity index is 2.21. The molecular formula is C16H32. The standard InChI is InChI=1S/C16H32/c1-5-8-10-14-11-16(12-14)13(4)15(7-3)9-6-2/h13-16H,5-12H2,1-4H3. The molecule has 1 fully saturated rings. The van der Waals surface area contributed by atoms with Crippen molar-refractivity contribution >= 4 is 0 Å². The Labute approximate surface area is 103 Å². The van der Waals surface area contributed by atoms with E-state index < -0.39 is 0 Å². The monoisotopic (exact) mass is 224 g/mol. The molecule has 0 amide bonds. The van der Waals surface area contributed by atoms with Gasteiger partial charge < -0.3 is 0 Å². The molecule has 0 spiro atoms. The predicted molar refractivity (Wildman–Crippen MR) is 73.6 cm³/mol. The molecule has 0 nitrogen and oxygen atoms in total. The van der Waals surface area contributed by atoms with Gasteiger partial charge in [-0.3, -0.25) is 0 Å². The van der Waals surface area contributed by atoms with Gasteiger partial charge in [0.2, 0.25) is 0 Å². The van der Waals surface area contributed by atoms with Crippen LogP contribution in [0.1, 0.15) is 79.1 Å². The summed E-state index contributed by atoms with van der Waals surface area (Å²) >= 11 is 0. The summed E-state index contributed by atoms with van der Waals surface area (Å²) in [5, 5.41) is 0. The van der Waals surface area contributed by atoms with Gasteiger partial charge in [-0.1, -0.05) is 66.2 Å². The Hall–Kier alpha value is 0. The number of unbranched alkanes of at least 4 members (excludes halogenated alkanes) is 1. The van der Waals surface area contributed by atoms with Crippen molar-refractivity contribution in [3.05, 3.63) is 0 Å². The third-order valence-corrected chi connectivity index (χ3v) is 4.91. The molecule has 0 heteroatoms. The van der Waals surface area contributed by atoms with Crippen molar-refractivity contribution in [1.82, 2.24) is 0 Å². The van der Waals surface area contributed by atoms with E-state index in [2.05, 4.69) is 27.7 Å². The molecule has 0 N–H and O–H groups in total. The SMILES string of the molecule is CCCCC1CC(C(C)C(CC)CCC)C1. The minimum absolute atomic E-state index is 0.989. The van der Waals surface area contributed by atoms with Crippen molar-refractivity contribution in [2.24, 2.45) is 23.7 Å². The van der Waals surface area contributed by atoms with Gasteiger partial charge in [0.15, 0.2) is 0 Å². The van der Waals surface area contributed by atoms with Crippen molar-refractivity contribution in [1.29, 1.82) is 0 Å². The van der Waals surface area contributed by atoms with Crippen LogP contribution in [0.2, 0.25) is 0 Å². The highest BCUT2D eigenvalue weighted by molar-refractivity contribution is 4.85. The van der Waals surface area contributed by atoms with E-state index in [-0.39, 0.29) is 0 Å². The Bertz CT molecular complexity index is 167. The summed E-state index contributed by atoms with van der Waals surface area (Å²) in [6.45, 7) is 9.54. The lowest BCUT2D eigenvalue weighted by molar-refractivity contribution is 0.0833. The zero-order valence-corrected chi connectivity index (χ0v) is 12.0. The van der Waals surface area contributed by atoms with E-state index in [0.717, 1.165) is 23.7 Å². The molecule has 1 aliphatic carbocycles. The van der Waals surface area contributed by atoms with Crippen molar-refractivity contribution in [3.63, 3.8) is 0 Å². The second-order valence-corrected chi connectivity index (χ2v) is 6.06. The topological polar surface area (TPSA) is 0 Å². The maximum Gasteiger partial charge on any atom is -0.0381 e. The molecule has 2 unspecified atom stereocenters. The van der Waals surface area contributed by atoms with E-state index in [9.17, 15) is 0 Å². The first-order chi connectivity index (χ1) is 7.72. The molecule has 0 aromatic carbocycles. The van der Waals surface area contributed by atoms with Gasteiger partial charge in [0, 0.05) is 0 Å². The molecule has 0 aromatic heterocycles. The summed E-state index contributed by atoms with van der Waals surface area (Å²) in [6.07, 6.45) is 11.6. The largest absolute Gasteiger partial charge is 0.0654 e. The summed E-state index contributed by atoms with van der Waals surface area (Å²) in [4.78, 5) is 0. The molecule has 1 rings (SSSR count). The lowest BCUT2D eigenvalue weighted by atomic mass is 9.63.